The van der Waals surface area contributed by atoms with Crippen molar-refractivity contribution in [3.8, 4) is 0 Å². The van der Waals surface area contributed by atoms with Crippen LogP contribution in [0.25, 0.3) is 0 Å². The van der Waals surface area contributed by atoms with Gasteiger partial charge in [0.25, 0.3) is 0 Å². The molecular weight excluding hydrogens is 352 g/mol. The van der Waals surface area contributed by atoms with E-state index in [4.69, 9.17) is 0 Å². The molecule has 0 bridgehead atoms. The predicted octanol–water partition coefficient (Wildman–Crippen LogP) is 2.72. The van der Waals surface area contributed by atoms with Gasteiger partial charge in [0.2, 0.25) is 11.8 Å². The zero-order chi connectivity index (χ0) is 20.3. The highest BCUT2D eigenvalue weighted by molar-refractivity contribution is 6.13. The molecule has 6 nitrogen and oxygen atoms in total. The molecule has 2 aliphatic rings. The zero-order valence-corrected chi connectivity index (χ0v) is 17.8. The molecule has 0 atom stereocenters. The number of rotatable bonds is 7. The van der Waals surface area contributed by atoms with Gasteiger partial charge in [-0.05, 0) is 63.9 Å². The van der Waals surface area contributed by atoms with Gasteiger partial charge in [-0.3, -0.25) is 9.59 Å². The Morgan fingerprint density at radius 2 is 1.71 bits per heavy atom. The molecule has 28 heavy (non-hydrogen) atoms. The summed E-state index contributed by atoms with van der Waals surface area (Å²) >= 11 is 0. The highest BCUT2D eigenvalue weighted by Gasteiger charge is 2.58. The first-order valence-corrected chi connectivity index (χ1v) is 10.6. The molecule has 0 radical (unpaired) electrons. The standard InChI is InChI=1S/C22H34N4O2/c1-5-24-12-14-26(15-13-24)21(28)22(10-11-22)20(27)23-19-9-8-18(16-17(19)4)25(6-2)7-3/h8-9,16H,5-7,10-15H2,1-4H3,(H,23,27). The molecule has 1 N–H and O–H groups in total. The summed E-state index contributed by atoms with van der Waals surface area (Å²) in [5.74, 6) is -0.132. The number of carbonyl (C=O) groups excluding carboxylic acids is 2. The quantitative estimate of drug-likeness (QED) is 0.732. The SMILES string of the molecule is CCN1CCN(C(=O)C2(C(=O)Nc3ccc(N(CC)CC)cc3C)CC2)CC1. The van der Waals surface area contributed by atoms with Crippen molar-refractivity contribution in [2.75, 3.05) is 56.0 Å². The number of nitrogens with zero attached hydrogens (tertiary/aromatic N) is 3. The number of nitrogens with one attached hydrogen (secondary N) is 1. The lowest BCUT2D eigenvalue weighted by molar-refractivity contribution is -0.143. The number of amides is 2. The largest absolute Gasteiger partial charge is 0.372 e. The van der Waals surface area contributed by atoms with Crippen molar-refractivity contribution in [1.29, 1.82) is 0 Å². The summed E-state index contributed by atoms with van der Waals surface area (Å²) in [6, 6.07) is 6.11. The van der Waals surface area contributed by atoms with E-state index in [1.54, 1.807) is 0 Å². The van der Waals surface area contributed by atoms with Crippen LogP contribution in [0.1, 0.15) is 39.2 Å². The Hall–Kier alpha value is -2.08. The Labute approximate surface area is 168 Å². The van der Waals surface area contributed by atoms with E-state index in [-0.39, 0.29) is 11.8 Å². The van der Waals surface area contributed by atoms with Gasteiger partial charge in [0.1, 0.15) is 5.41 Å². The topological polar surface area (TPSA) is 55.9 Å². The number of carbonyl (C=O) groups is 2. The van der Waals surface area contributed by atoms with Crippen LogP contribution < -0.4 is 10.2 Å². The molecule has 2 fully saturated rings. The summed E-state index contributed by atoms with van der Waals surface area (Å²) in [4.78, 5) is 32.6. The van der Waals surface area contributed by atoms with Crippen LogP contribution in [-0.4, -0.2) is 67.4 Å². The highest BCUT2D eigenvalue weighted by Crippen LogP contribution is 2.48. The molecular formula is C22H34N4O2. The molecule has 1 aliphatic heterocycles. The van der Waals surface area contributed by atoms with Crippen LogP contribution in [0.5, 0.6) is 0 Å². The zero-order valence-electron chi connectivity index (χ0n) is 17.8. The van der Waals surface area contributed by atoms with Gasteiger partial charge < -0.3 is 20.0 Å². The third-order valence-electron chi connectivity index (χ3n) is 6.29. The Bertz CT molecular complexity index is 717. The van der Waals surface area contributed by atoms with Gasteiger partial charge in [-0.2, -0.15) is 0 Å². The maximum absolute atomic E-state index is 13.1. The lowest BCUT2D eigenvalue weighted by atomic mass is 10.0. The van der Waals surface area contributed by atoms with Crippen LogP contribution in [0.4, 0.5) is 11.4 Å². The van der Waals surface area contributed by atoms with E-state index < -0.39 is 5.41 Å². The summed E-state index contributed by atoms with van der Waals surface area (Å²) in [6.07, 6.45) is 1.31. The molecule has 0 aromatic heterocycles. The monoisotopic (exact) mass is 386 g/mol. The minimum atomic E-state index is -0.849. The second-order valence-corrected chi connectivity index (χ2v) is 7.93. The minimum Gasteiger partial charge on any atom is -0.372 e. The molecule has 1 aromatic rings. The van der Waals surface area contributed by atoms with E-state index in [9.17, 15) is 9.59 Å². The fourth-order valence-electron chi connectivity index (χ4n) is 4.05. The van der Waals surface area contributed by atoms with Gasteiger partial charge in [-0.1, -0.05) is 6.92 Å². The normalized spacial score (nSPS) is 18.6. The first-order valence-electron chi connectivity index (χ1n) is 10.6. The summed E-state index contributed by atoms with van der Waals surface area (Å²) in [7, 11) is 0. The van der Waals surface area contributed by atoms with Crippen molar-refractivity contribution >= 4 is 23.2 Å². The van der Waals surface area contributed by atoms with E-state index >= 15 is 0 Å². The molecule has 0 spiro atoms. The van der Waals surface area contributed by atoms with Gasteiger partial charge in [-0.15, -0.1) is 0 Å². The number of aryl methyl sites for hydroxylation is 1. The van der Waals surface area contributed by atoms with Crippen LogP contribution in [0.3, 0.4) is 0 Å². The van der Waals surface area contributed by atoms with E-state index in [1.165, 1.54) is 0 Å². The number of anilines is 2. The molecule has 1 saturated carbocycles. The van der Waals surface area contributed by atoms with Crippen LogP contribution in [0.2, 0.25) is 0 Å². The van der Waals surface area contributed by atoms with Crippen LogP contribution >= 0.6 is 0 Å². The van der Waals surface area contributed by atoms with E-state index in [2.05, 4.69) is 42.0 Å². The smallest absolute Gasteiger partial charge is 0.240 e. The molecule has 2 amide bonds. The lowest BCUT2D eigenvalue weighted by Crippen LogP contribution is -2.52. The molecule has 154 valence electrons. The predicted molar refractivity (Wildman–Crippen MR) is 114 cm³/mol. The lowest BCUT2D eigenvalue weighted by Gasteiger charge is -2.35. The van der Waals surface area contributed by atoms with Gasteiger partial charge in [-0.25, -0.2) is 0 Å². The van der Waals surface area contributed by atoms with E-state index in [0.717, 1.165) is 62.8 Å². The van der Waals surface area contributed by atoms with Gasteiger partial charge in [0, 0.05) is 50.6 Å². The summed E-state index contributed by atoms with van der Waals surface area (Å²) in [5.41, 5.74) is 2.14. The number of piperazine rings is 1. The second-order valence-electron chi connectivity index (χ2n) is 7.93. The fraction of sp³-hybridized carbons (Fsp3) is 0.636. The van der Waals surface area contributed by atoms with Crippen molar-refractivity contribution in [3.63, 3.8) is 0 Å². The van der Waals surface area contributed by atoms with E-state index in [1.807, 2.05) is 24.0 Å². The average molecular weight is 387 g/mol. The first-order chi connectivity index (χ1) is 13.4. The Balaban J connectivity index is 1.66. The Kier molecular flexibility index (Phi) is 6.28. The summed E-state index contributed by atoms with van der Waals surface area (Å²) in [6.45, 7) is 14.6. The number of likely N-dealkylation sites (N-methyl/N-ethyl adjacent to an activating group) is 1. The number of hydrogen-bond donors (Lipinski definition) is 1. The molecule has 1 aromatic carbocycles. The minimum absolute atomic E-state index is 0.0122. The Morgan fingerprint density at radius 1 is 1.07 bits per heavy atom. The van der Waals surface area contributed by atoms with Gasteiger partial charge in [0.15, 0.2) is 0 Å². The van der Waals surface area contributed by atoms with Gasteiger partial charge in [0.05, 0.1) is 0 Å². The van der Waals surface area contributed by atoms with Gasteiger partial charge >= 0.3 is 0 Å². The van der Waals surface area contributed by atoms with Crippen LogP contribution in [-0.2, 0) is 9.59 Å². The second kappa shape index (κ2) is 8.52. The Morgan fingerprint density at radius 3 is 2.21 bits per heavy atom. The van der Waals surface area contributed by atoms with E-state index in [0.29, 0.717) is 12.8 Å². The molecule has 1 saturated heterocycles. The highest BCUT2D eigenvalue weighted by atomic mass is 16.2. The van der Waals surface area contributed by atoms with Crippen molar-refractivity contribution in [2.45, 2.75) is 40.5 Å². The van der Waals surface area contributed by atoms with Crippen molar-refractivity contribution < 1.29 is 9.59 Å². The van der Waals surface area contributed by atoms with Crippen LogP contribution in [0.15, 0.2) is 18.2 Å². The molecule has 1 aliphatic carbocycles. The third kappa shape index (κ3) is 4.02. The average Bonchev–Trinajstić information content (AvgIpc) is 3.52. The fourth-order valence-corrected chi connectivity index (χ4v) is 4.05. The first kappa shape index (κ1) is 20.6. The summed E-state index contributed by atoms with van der Waals surface area (Å²) in [5, 5.41) is 3.04. The number of hydrogen-bond acceptors (Lipinski definition) is 4. The number of benzene rings is 1. The van der Waals surface area contributed by atoms with Crippen molar-refractivity contribution in [2.24, 2.45) is 5.41 Å². The third-order valence-corrected chi connectivity index (χ3v) is 6.29. The molecule has 3 rings (SSSR count). The maximum atomic E-state index is 13.1. The van der Waals surface area contributed by atoms with Crippen molar-refractivity contribution in [3.05, 3.63) is 23.8 Å². The maximum Gasteiger partial charge on any atom is 0.240 e. The summed E-state index contributed by atoms with van der Waals surface area (Å²) < 4.78 is 0. The molecule has 0 unspecified atom stereocenters. The molecule has 6 heteroatoms. The molecule has 1 heterocycles. The van der Waals surface area contributed by atoms with Crippen molar-refractivity contribution in [1.82, 2.24) is 9.80 Å². The van der Waals surface area contributed by atoms with Crippen LogP contribution in [0, 0.1) is 12.3 Å².